The van der Waals surface area contributed by atoms with Gasteiger partial charge in [-0.2, -0.15) is 0 Å². The Morgan fingerprint density at radius 2 is 1.98 bits per heavy atom. The minimum absolute atomic E-state index is 0.0959. The molecule has 1 aromatic carbocycles. The Morgan fingerprint density at radius 1 is 1.19 bits per heavy atom. The highest BCUT2D eigenvalue weighted by Crippen LogP contribution is 2.58. The van der Waals surface area contributed by atoms with E-state index in [0.29, 0.717) is 66.3 Å². The Hall–Kier alpha value is -4.12. The lowest BCUT2D eigenvalue weighted by molar-refractivity contribution is -0.144. The van der Waals surface area contributed by atoms with Gasteiger partial charge in [-0.05, 0) is 101 Å². The minimum Gasteiger partial charge on any atom is -0.490 e. The van der Waals surface area contributed by atoms with E-state index in [-0.39, 0.29) is 37.1 Å². The highest BCUT2D eigenvalue weighted by Gasteiger charge is 2.62. The topological polar surface area (TPSA) is 156 Å². The van der Waals surface area contributed by atoms with E-state index in [2.05, 4.69) is 15.6 Å². The molecule has 0 saturated heterocycles. The lowest BCUT2D eigenvalue weighted by atomic mass is 9.72. The van der Waals surface area contributed by atoms with E-state index in [0.717, 1.165) is 35.8 Å². The van der Waals surface area contributed by atoms with Crippen LogP contribution in [0.5, 0.6) is 5.75 Å². The third-order valence-electron chi connectivity index (χ3n) is 11.9. The summed E-state index contributed by atoms with van der Waals surface area (Å²) in [5, 5.41) is 13.1. The number of aryl methyl sites for hydroxylation is 1. The fourth-order valence-corrected chi connectivity index (χ4v) is 10.0. The molecule has 0 unspecified atom stereocenters. The van der Waals surface area contributed by atoms with Crippen molar-refractivity contribution < 1.29 is 32.6 Å². The molecule has 5 atom stereocenters. The summed E-state index contributed by atoms with van der Waals surface area (Å²) in [6.07, 6.45) is 13.9. The van der Waals surface area contributed by atoms with Crippen molar-refractivity contribution in [2.24, 2.45) is 23.2 Å². The van der Waals surface area contributed by atoms with Crippen LogP contribution in [0.25, 0.3) is 21.6 Å². The molecule has 2 N–H and O–H groups in total. The van der Waals surface area contributed by atoms with Gasteiger partial charge < -0.3 is 14.7 Å². The summed E-state index contributed by atoms with van der Waals surface area (Å²) in [5.74, 6) is 0.557. The number of amides is 2. The van der Waals surface area contributed by atoms with Crippen molar-refractivity contribution in [2.75, 3.05) is 13.6 Å². The summed E-state index contributed by atoms with van der Waals surface area (Å²) in [4.78, 5) is 53.6. The van der Waals surface area contributed by atoms with Crippen molar-refractivity contribution in [2.45, 2.75) is 95.5 Å². The van der Waals surface area contributed by atoms with Crippen LogP contribution in [0.3, 0.4) is 0 Å². The van der Waals surface area contributed by atoms with Gasteiger partial charge in [-0.25, -0.2) is 18.4 Å². The number of carbonyl (C=O) groups is 3. The summed E-state index contributed by atoms with van der Waals surface area (Å²) in [7, 11) is -2.13. The van der Waals surface area contributed by atoms with Crippen LogP contribution in [-0.4, -0.2) is 70.4 Å². The van der Waals surface area contributed by atoms with Gasteiger partial charge in [0.05, 0.1) is 28.4 Å². The highest BCUT2D eigenvalue weighted by molar-refractivity contribution is 7.91. The molecule has 280 valence electrons. The number of ketones is 1. The molecular weight excluding hydrogens is 713 g/mol. The largest absolute Gasteiger partial charge is 0.490 e. The molecule has 7 rings (SSSR count). The number of aromatic nitrogens is 2. The number of allylic oxidation sites excluding steroid dienone is 2. The third kappa shape index (κ3) is 7.13. The van der Waals surface area contributed by atoms with Crippen molar-refractivity contribution >= 4 is 49.9 Å². The predicted octanol–water partition coefficient (Wildman–Crippen LogP) is 5.47. The number of aliphatic hydroxyl groups excluding tert-OH is 1. The number of benzene rings is 1. The first-order valence-corrected chi connectivity index (χ1v) is 20.8. The number of ether oxygens (including phenoxy) is 1. The molecule has 3 heterocycles. The van der Waals surface area contributed by atoms with Gasteiger partial charge in [0.2, 0.25) is 21.8 Å². The van der Waals surface area contributed by atoms with Crippen LogP contribution >= 0.6 is 11.3 Å². The quantitative estimate of drug-likeness (QED) is 0.236. The van der Waals surface area contributed by atoms with Crippen LogP contribution in [0.2, 0.25) is 0 Å². The van der Waals surface area contributed by atoms with Crippen LogP contribution in [0.1, 0.15) is 88.0 Å². The van der Waals surface area contributed by atoms with Crippen LogP contribution in [-0.2, 0) is 31.0 Å². The number of aliphatic hydroxyl groups is 1. The molecule has 4 aliphatic rings. The molecule has 1 aliphatic heterocycles. The second-order valence-corrected chi connectivity index (χ2v) is 18.6. The first-order valence-electron chi connectivity index (χ1n) is 18.4. The van der Waals surface area contributed by atoms with Gasteiger partial charge in [0.1, 0.15) is 27.9 Å². The Bertz CT molecular complexity index is 2150. The van der Waals surface area contributed by atoms with Crippen molar-refractivity contribution in [1.82, 2.24) is 19.6 Å². The summed E-state index contributed by atoms with van der Waals surface area (Å²) in [6, 6.07) is 5.53. The Balaban J connectivity index is 1.21. The van der Waals surface area contributed by atoms with Gasteiger partial charge in [-0.1, -0.05) is 18.2 Å². The van der Waals surface area contributed by atoms with Gasteiger partial charge in [-0.15, -0.1) is 17.8 Å². The van der Waals surface area contributed by atoms with Gasteiger partial charge in [0.25, 0.3) is 0 Å². The van der Waals surface area contributed by atoms with E-state index in [1.54, 1.807) is 24.3 Å². The minimum atomic E-state index is -3.91. The molecule has 13 heteroatoms. The number of hydrogen-bond acceptors (Lipinski definition) is 10. The molecule has 3 aliphatic carbocycles. The monoisotopic (exact) mass is 758 g/mol. The zero-order valence-corrected chi connectivity index (χ0v) is 32.0. The van der Waals surface area contributed by atoms with Gasteiger partial charge in [0, 0.05) is 48.7 Å². The fourth-order valence-electron chi connectivity index (χ4n) is 7.97. The van der Waals surface area contributed by atoms with Crippen molar-refractivity contribution in [3.63, 3.8) is 0 Å². The first kappa shape index (κ1) is 37.2. The number of terminal acetylenes is 1. The number of nitrogens with one attached hydrogen (secondary N) is 1. The molecule has 0 radical (unpaired) electrons. The van der Waals surface area contributed by atoms with Gasteiger partial charge in [-0.3, -0.25) is 19.1 Å². The van der Waals surface area contributed by atoms with Crippen molar-refractivity contribution in [3.8, 4) is 28.8 Å². The number of hydrogen-bond donors (Lipinski definition) is 2. The molecule has 11 nitrogen and oxygen atoms in total. The van der Waals surface area contributed by atoms with E-state index >= 15 is 0 Å². The lowest BCUT2D eigenvalue weighted by Crippen LogP contribution is -2.47. The summed E-state index contributed by atoms with van der Waals surface area (Å²) in [6.45, 7) is 3.95. The SMILES string of the molecule is C#Cc1csc(-c2cc(O[C@H]3CC[C@H]4C(=O)N(C)CCCC/C=C\[C@@H]5C[C@@]5(C(=O)NS(=O)(=O)C5(C)CC5)CC(=O)[C@@H]4C3)c3ccc(CO)c(C)c3n2)n1. The summed E-state index contributed by atoms with van der Waals surface area (Å²) >= 11 is 1.37. The maximum atomic E-state index is 14.6. The second kappa shape index (κ2) is 14.3. The average molecular weight is 759 g/mol. The number of rotatable bonds is 7. The van der Waals surface area contributed by atoms with E-state index in [9.17, 15) is 27.9 Å². The van der Waals surface area contributed by atoms with Gasteiger partial charge >= 0.3 is 0 Å². The second-order valence-electron chi connectivity index (χ2n) is 15.5. The maximum absolute atomic E-state index is 14.6. The summed E-state index contributed by atoms with van der Waals surface area (Å²) < 4.78 is 34.4. The molecule has 0 spiro atoms. The normalized spacial score (nSPS) is 27.9. The third-order valence-corrected chi connectivity index (χ3v) is 15.0. The molecule has 53 heavy (non-hydrogen) atoms. The van der Waals surface area contributed by atoms with E-state index in [4.69, 9.17) is 16.1 Å². The fraction of sp³-hybridized carbons (Fsp3) is 0.525. The number of nitrogens with zero attached hydrogens (tertiary/aromatic N) is 3. The molecule has 3 saturated carbocycles. The number of thiazole rings is 1. The molecule has 2 amide bonds. The zero-order chi connectivity index (χ0) is 37.7. The molecule has 3 aromatic rings. The summed E-state index contributed by atoms with van der Waals surface area (Å²) in [5.41, 5.74) is 2.06. The molecular formula is C40H46N4O7S2. The van der Waals surface area contributed by atoms with Crippen molar-refractivity contribution in [3.05, 3.63) is 52.6 Å². The molecule has 0 bridgehead atoms. The van der Waals surface area contributed by atoms with Crippen LogP contribution in [0.4, 0.5) is 0 Å². The Labute approximate surface area is 314 Å². The Morgan fingerprint density at radius 3 is 2.70 bits per heavy atom. The Kier molecular flexibility index (Phi) is 10.0. The van der Waals surface area contributed by atoms with E-state index in [1.165, 1.54) is 11.3 Å². The number of pyridine rings is 1. The number of Topliss-reactive ketones (excluding diaryl/α,β-unsaturated/α-hetero) is 1. The number of sulfonamides is 1. The molecule has 3 fully saturated rings. The molecule has 2 aromatic heterocycles. The predicted molar refractivity (Wildman–Crippen MR) is 202 cm³/mol. The first-order chi connectivity index (χ1) is 25.3. The van der Waals surface area contributed by atoms with Crippen LogP contribution < -0.4 is 9.46 Å². The van der Waals surface area contributed by atoms with E-state index in [1.807, 2.05) is 37.3 Å². The highest BCUT2D eigenvalue weighted by atomic mass is 32.2. The smallest absolute Gasteiger partial charge is 0.240 e. The lowest BCUT2D eigenvalue weighted by Gasteiger charge is -2.37. The number of carbonyl (C=O) groups excluding carboxylic acids is 3. The maximum Gasteiger partial charge on any atom is 0.240 e. The van der Waals surface area contributed by atoms with Gasteiger partial charge in [0.15, 0.2) is 0 Å². The average Bonchev–Trinajstić information content (AvgIpc) is 4.01. The van der Waals surface area contributed by atoms with Crippen molar-refractivity contribution in [1.29, 1.82) is 0 Å². The standard InChI is InChI=1S/C40H46N4O7S2/c1-5-27-23-52-36(41-27)32-19-34(30-13-11-25(22-45)24(2)35(30)42-32)51-28-12-14-29-31(18-28)33(46)21-40(38(48)43-53(49,50)39(3)15-16-39)20-26(40)10-8-6-7-9-17-44(4)37(29)47/h1,8,10-11,13,19,23,26,28-29,31,45H,6-7,9,12,14-18,20-22H2,2-4H3,(H,43,48)/b10-8-/t26-,28+,29-,31-,40-/m1/s1. The van der Waals surface area contributed by atoms with E-state index < -0.39 is 44.0 Å². The number of fused-ring (bicyclic) bond motifs is 3. The zero-order valence-electron chi connectivity index (χ0n) is 30.4. The van der Waals surface area contributed by atoms with Crippen LogP contribution in [0.15, 0.2) is 35.7 Å². The van der Waals surface area contributed by atoms with Crippen LogP contribution in [0, 0.1) is 42.4 Å².